The molecule has 1 aromatic heterocycles. The fourth-order valence-electron chi connectivity index (χ4n) is 2.62. The Morgan fingerprint density at radius 1 is 1.50 bits per heavy atom. The first-order chi connectivity index (χ1) is 9.50. The maximum absolute atomic E-state index is 11.2. The van der Waals surface area contributed by atoms with Crippen LogP contribution in [0.15, 0.2) is 0 Å². The van der Waals surface area contributed by atoms with Crippen molar-refractivity contribution >= 4 is 11.5 Å². The van der Waals surface area contributed by atoms with Gasteiger partial charge in [-0.25, -0.2) is 4.68 Å². The molecule has 0 unspecified atom stereocenters. The van der Waals surface area contributed by atoms with Crippen LogP contribution in [0.3, 0.4) is 0 Å². The van der Waals surface area contributed by atoms with Gasteiger partial charge in [0.15, 0.2) is 0 Å². The van der Waals surface area contributed by atoms with E-state index in [1.54, 1.807) is 11.6 Å². The second-order valence-electron chi connectivity index (χ2n) is 5.65. The minimum absolute atomic E-state index is 0.0953. The van der Waals surface area contributed by atoms with E-state index in [-0.39, 0.29) is 16.7 Å². The van der Waals surface area contributed by atoms with E-state index in [1.165, 1.54) is 0 Å². The summed E-state index contributed by atoms with van der Waals surface area (Å²) in [5.74, 6) is 1.10. The van der Waals surface area contributed by atoms with Crippen LogP contribution in [-0.4, -0.2) is 34.3 Å². The number of nitrogens with one attached hydrogen (secondary N) is 2. The van der Waals surface area contributed by atoms with Crippen LogP contribution in [0.4, 0.5) is 11.5 Å². The van der Waals surface area contributed by atoms with E-state index in [0.29, 0.717) is 17.4 Å². The lowest BCUT2D eigenvalue weighted by Gasteiger charge is -2.23. The Bertz CT molecular complexity index is 477. The molecule has 7 nitrogen and oxygen atoms in total. The minimum Gasteiger partial charge on any atom is -0.364 e. The van der Waals surface area contributed by atoms with Crippen molar-refractivity contribution in [1.29, 1.82) is 0 Å². The molecule has 1 fully saturated rings. The molecule has 0 atom stereocenters. The topological polar surface area (TPSA) is 85.0 Å². The van der Waals surface area contributed by atoms with Crippen molar-refractivity contribution < 1.29 is 4.92 Å². The first-order valence-electron chi connectivity index (χ1n) is 7.18. The van der Waals surface area contributed by atoms with Crippen molar-refractivity contribution in [3.8, 4) is 0 Å². The molecule has 0 aliphatic carbocycles. The number of piperidine rings is 1. The van der Waals surface area contributed by atoms with Gasteiger partial charge >= 0.3 is 5.69 Å². The van der Waals surface area contributed by atoms with E-state index in [9.17, 15) is 10.1 Å². The van der Waals surface area contributed by atoms with E-state index >= 15 is 0 Å². The molecular formula is C13H23N5O2. The van der Waals surface area contributed by atoms with Gasteiger partial charge in [-0.3, -0.25) is 10.1 Å². The molecule has 1 aliphatic rings. The quantitative estimate of drug-likeness (QED) is 0.637. The number of hydrogen-bond acceptors (Lipinski definition) is 5. The van der Waals surface area contributed by atoms with Gasteiger partial charge < -0.3 is 10.6 Å². The number of rotatable bonds is 5. The van der Waals surface area contributed by atoms with Gasteiger partial charge in [0.2, 0.25) is 5.82 Å². The average Bonchev–Trinajstić information content (AvgIpc) is 2.74. The van der Waals surface area contributed by atoms with E-state index in [1.807, 2.05) is 13.8 Å². The van der Waals surface area contributed by atoms with Crippen molar-refractivity contribution in [3.63, 3.8) is 0 Å². The highest BCUT2D eigenvalue weighted by atomic mass is 16.6. The first kappa shape index (κ1) is 14.8. The fraction of sp³-hybridized carbons (Fsp3) is 0.769. The van der Waals surface area contributed by atoms with Crippen molar-refractivity contribution in [3.05, 3.63) is 15.8 Å². The number of anilines is 1. The van der Waals surface area contributed by atoms with Gasteiger partial charge in [0.1, 0.15) is 5.69 Å². The maximum Gasteiger partial charge on any atom is 0.333 e. The molecule has 0 saturated carbocycles. The van der Waals surface area contributed by atoms with Crippen molar-refractivity contribution in [2.75, 3.05) is 25.0 Å². The van der Waals surface area contributed by atoms with Gasteiger partial charge in [0.25, 0.3) is 0 Å². The summed E-state index contributed by atoms with van der Waals surface area (Å²) in [4.78, 5) is 10.9. The lowest BCUT2D eigenvalue weighted by molar-refractivity contribution is -0.384. The summed E-state index contributed by atoms with van der Waals surface area (Å²) in [6, 6.07) is 0.0953. The van der Waals surface area contributed by atoms with Crippen LogP contribution in [0, 0.1) is 23.0 Å². The van der Waals surface area contributed by atoms with Crippen molar-refractivity contribution in [2.24, 2.45) is 5.92 Å². The Morgan fingerprint density at radius 3 is 2.70 bits per heavy atom. The Balaban J connectivity index is 2.17. The summed E-state index contributed by atoms with van der Waals surface area (Å²) in [7, 11) is 0. The molecule has 1 aromatic rings. The van der Waals surface area contributed by atoms with Gasteiger partial charge in [-0.2, -0.15) is 5.10 Å². The number of aromatic nitrogens is 2. The highest BCUT2D eigenvalue weighted by Crippen LogP contribution is 2.31. The van der Waals surface area contributed by atoms with Gasteiger partial charge in [-0.1, -0.05) is 0 Å². The smallest absolute Gasteiger partial charge is 0.333 e. The fourth-order valence-corrected chi connectivity index (χ4v) is 2.62. The molecule has 1 saturated heterocycles. The zero-order valence-corrected chi connectivity index (χ0v) is 12.3. The van der Waals surface area contributed by atoms with Crippen LogP contribution >= 0.6 is 0 Å². The molecular weight excluding hydrogens is 258 g/mol. The number of aryl methyl sites for hydroxylation is 1. The van der Waals surface area contributed by atoms with Crippen LogP contribution in [0.5, 0.6) is 0 Å². The second kappa shape index (κ2) is 6.21. The third kappa shape index (κ3) is 3.09. The molecule has 0 amide bonds. The predicted molar refractivity (Wildman–Crippen MR) is 78.1 cm³/mol. The van der Waals surface area contributed by atoms with E-state index in [0.717, 1.165) is 32.5 Å². The zero-order valence-electron chi connectivity index (χ0n) is 12.3. The molecule has 0 bridgehead atoms. The van der Waals surface area contributed by atoms with Crippen molar-refractivity contribution in [2.45, 2.75) is 39.7 Å². The number of hydrogen-bond donors (Lipinski definition) is 2. The molecule has 7 heteroatoms. The Labute approximate surface area is 118 Å². The van der Waals surface area contributed by atoms with E-state index in [2.05, 4.69) is 15.7 Å². The Morgan fingerprint density at radius 2 is 2.15 bits per heavy atom. The zero-order chi connectivity index (χ0) is 14.7. The van der Waals surface area contributed by atoms with Crippen LogP contribution in [0.2, 0.25) is 0 Å². The van der Waals surface area contributed by atoms with E-state index in [4.69, 9.17) is 0 Å². The van der Waals surface area contributed by atoms with Gasteiger partial charge in [0.05, 0.1) is 4.92 Å². The van der Waals surface area contributed by atoms with Crippen molar-refractivity contribution in [1.82, 2.24) is 15.1 Å². The molecule has 112 valence electrons. The molecule has 20 heavy (non-hydrogen) atoms. The molecule has 1 aliphatic heterocycles. The highest BCUT2D eigenvalue weighted by molar-refractivity contribution is 5.59. The molecule has 2 N–H and O–H groups in total. The van der Waals surface area contributed by atoms with Crippen LogP contribution in [0.1, 0.15) is 38.4 Å². The second-order valence-corrected chi connectivity index (χ2v) is 5.65. The lowest BCUT2D eigenvalue weighted by atomic mass is 9.98. The highest BCUT2D eigenvalue weighted by Gasteiger charge is 2.27. The average molecular weight is 281 g/mol. The molecule has 0 radical (unpaired) electrons. The summed E-state index contributed by atoms with van der Waals surface area (Å²) in [5, 5.41) is 22.1. The van der Waals surface area contributed by atoms with Crippen LogP contribution in [-0.2, 0) is 0 Å². The van der Waals surface area contributed by atoms with Crippen LogP contribution < -0.4 is 10.6 Å². The minimum atomic E-state index is -0.341. The number of nitrogens with zero attached hydrogens (tertiary/aromatic N) is 3. The maximum atomic E-state index is 11.2. The summed E-state index contributed by atoms with van der Waals surface area (Å²) >= 11 is 0. The SMILES string of the molecule is Cc1nn(C(C)C)c(NCC2CCNCC2)c1[N+](=O)[O-]. The molecule has 0 aromatic carbocycles. The lowest BCUT2D eigenvalue weighted by Crippen LogP contribution is -2.31. The summed E-state index contributed by atoms with van der Waals surface area (Å²) < 4.78 is 1.72. The summed E-state index contributed by atoms with van der Waals surface area (Å²) in [5.41, 5.74) is 0.573. The summed E-state index contributed by atoms with van der Waals surface area (Å²) in [6.45, 7) is 8.46. The largest absolute Gasteiger partial charge is 0.364 e. The summed E-state index contributed by atoms with van der Waals surface area (Å²) in [6.07, 6.45) is 2.21. The Kier molecular flexibility index (Phi) is 4.59. The normalized spacial score (nSPS) is 16.6. The monoisotopic (exact) mass is 281 g/mol. The third-order valence-corrected chi connectivity index (χ3v) is 3.74. The van der Waals surface area contributed by atoms with Crippen LogP contribution in [0.25, 0.3) is 0 Å². The number of nitro groups is 1. The van der Waals surface area contributed by atoms with E-state index < -0.39 is 0 Å². The third-order valence-electron chi connectivity index (χ3n) is 3.74. The van der Waals surface area contributed by atoms with Gasteiger partial charge in [-0.15, -0.1) is 0 Å². The first-order valence-corrected chi connectivity index (χ1v) is 7.18. The Hall–Kier alpha value is -1.63. The molecule has 2 rings (SSSR count). The van der Waals surface area contributed by atoms with Gasteiger partial charge in [-0.05, 0) is 52.6 Å². The standard InChI is InChI=1S/C13H23N5O2/c1-9(2)17-13(12(18(19)20)10(3)16-17)15-8-11-4-6-14-7-5-11/h9,11,14-15H,4-8H2,1-3H3. The molecule has 2 heterocycles. The molecule has 0 spiro atoms. The predicted octanol–water partition coefficient (Wildman–Crippen LogP) is 2.09. The van der Waals surface area contributed by atoms with Gasteiger partial charge in [0, 0.05) is 12.6 Å².